The lowest BCUT2D eigenvalue weighted by Crippen LogP contribution is -2.39. The summed E-state index contributed by atoms with van der Waals surface area (Å²) in [4.78, 5) is 12.8. The Labute approximate surface area is 200 Å². The Morgan fingerprint density at radius 2 is 1.65 bits per heavy atom. The van der Waals surface area contributed by atoms with Gasteiger partial charge in [-0.25, -0.2) is 8.42 Å². The molecule has 0 radical (unpaired) electrons. The third-order valence-corrected chi connectivity index (χ3v) is 7.41. The summed E-state index contributed by atoms with van der Waals surface area (Å²) in [5.41, 5.74) is 1.33. The van der Waals surface area contributed by atoms with Crippen molar-refractivity contribution in [3.05, 3.63) is 92.9 Å². The highest BCUT2D eigenvalue weighted by Crippen LogP contribution is 2.26. The van der Waals surface area contributed by atoms with E-state index in [1.54, 1.807) is 24.3 Å². The lowest BCUT2D eigenvalue weighted by Gasteiger charge is -2.22. The van der Waals surface area contributed by atoms with E-state index >= 15 is 0 Å². The van der Waals surface area contributed by atoms with E-state index in [4.69, 9.17) is 23.2 Å². The number of sulfonamides is 1. The fourth-order valence-electron chi connectivity index (χ4n) is 2.88. The van der Waals surface area contributed by atoms with Gasteiger partial charge in [0.1, 0.15) is 0 Å². The molecule has 162 valence electrons. The Morgan fingerprint density at radius 1 is 0.968 bits per heavy atom. The highest BCUT2D eigenvalue weighted by molar-refractivity contribution is 9.10. The number of rotatable bonds is 8. The summed E-state index contributed by atoms with van der Waals surface area (Å²) in [5, 5.41) is 3.36. The summed E-state index contributed by atoms with van der Waals surface area (Å²) in [7, 11) is -3.89. The van der Waals surface area contributed by atoms with Gasteiger partial charge in [-0.2, -0.15) is 4.31 Å². The second-order valence-electron chi connectivity index (χ2n) is 6.70. The lowest BCUT2D eigenvalue weighted by atomic mass is 10.1. The Hall–Kier alpha value is -1.90. The summed E-state index contributed by atoms with van der Waals surface area (Å²) in [6, 6.07) is 20.5. The predicted molar refractivity (Wildman–Crippen MR) is 128 cm³/mol. The molecule has 0 spiro atoms. The van der Waals surface area contributed by atoms with Gasteiger partial charge in [0, 0.05) is 16.0 Å². The van der Waals surface area contributed by atoms with Gasteiger partial charge >= 0.3 is 0 Å². The maximum Gasteiger partial charge on any atom is 0.243 e. The second kappa shape index (κ2) is 10.6. The summed E-state index contributed by atoms with van der Waals surface area (Å²) < 4.78 is 28.4. The van der Waals surface area contributed by atoms with E-state index in [1.165, 1.54) is 22.5 Å². The Kier molecular flexibility index (Phi) is 8.13. The van der Waals surface area contributed by atoms with E-state index in [2.05, 4.69) is 21.2 Å². The maximum absolute atomic E-state index is 13.3. The van der Waals surface area contributed by atoms with Gasteiger partial charge in [0.05, 0.1) is 22.2 Å². The summed E-state index contributed by atoms with van der Waals surface area (Å²) >= 11 is 15.3. The monoisotopic (exact) mass is 540 g/mol. The van der Waals surface area contributed by atoms with Gasteiger partial charge in [-0.15, -0.1) is 0 Å². The molecule has 0 bridgehead atoms. The average molecular weight is 542 g/mol. The topological polar surface area (TPSA) is 66.5 Å². The van der Waals surface area contributed by atoms with Crippen LogP contribution in [0.15, 0.2) is 82.2 Å². The van der Waals surface area contributed by atoms with E-state index in [0.717, 1.165) is 10.0 Å². The van der Waals surface area contributed by atoms with Crippen molar-refractivity contribution in [1.82, 2.24) is 4.31 Å². The predicted octanol–water partition coefficient (Wildman–Crippen LogP) is 5.63. The van der Waals surface area contributed by atoms with Gasteiger partial charge in [-0.05, 0) is 54.4 Å². The molecule has 0 aromatic heterocycles. The minimum atomic E-state index is -3.89. The molecule has 0 saturated heterocycles. The Balaban J connectivity index is 1.82. The molecule has 0 atom stereocenters. The first-order chi connectivity index (χ1) is 14.8. The van der Waals surface area contributed by atoms with Crippen LogP contribution in [0.5, 0.6) is 0 Å². The third-order valence-electron chi connectivity index (χ3n) is 4.47. The minimum absolute atomic E-state index is 0.112. The van der Waals surface area contributed by atoms with Crippen molar-refractivity contribution >= 4 is 60.7 Å². The lowest BCUT2D eigenvalue weighted by molar-refractivity contribution is -0.116. The van der Waals surface area contributed by atoms with Gasteiger partial charge in [0.2, 0.25) is 15.9 Å². The fourth-order valence-corrected chi connectivity index (χ4v) is 5.00. The third kappa shape index (κ3) is 6.54. The number of hydrogen-bond donors (Lipinski definition) is 1. The smallest absolute Gasteiger partial charge is 0.243 e. The first-order valence-electron chi connectivity index (χ1n) is 9.30. The maximum atomic E-state index is 13.3. The molecule has 0 aliphatic rings. The summed E-state index contributed by atoms with van der Waals surface area (Å²) in [5.74, 6) is -0.502. The average Bonchev–Trinajstić information content (AvgIpc) is 2.74. The minimum Gasteiger partial charge on any atom is -0.324 e. The number of carbonyl (C=O) groups excluding carboxylic acids is 1. The normalized spacial score (nSPS) is 11.5. The summed E-state index contributed by atoms with van der Waals surface area (Å²) in [6.07, 6.45) is 0.464. The zero-order valence-electron chi connectivity index (χ0n) is 16.3. The zero-order chi connectivity index (χ0) is 22.4. The van der Waals surface area contributed by atoms with Crippen LogP contribution in [-0.4, -0.2) is 31.7 Å². The molecule has 3 rings (SSSR count). The largest absolute Gasteiger partial charge is 0.324 e. The molecule has 0 saturated carbocycles. The van der Waals surface area contributed by atoms with Crippen molar-refractivity contribution in [3.8, 4) is 0 Å². The van der Waals surface area contributed by atoms with Crippen molar-refractivity contribution < 1.29 is 13.2 Å². The van der Waals surface area contributed by atoms with Crippen LogP contribution in [0.25, 0.3) is 0 Å². The molecule has 1 N–H and O–H groups in total. The van der Waals surface area contributed by atoms with Gasteiger partial charge < -0.3 is 5.32 Å². The molecule has 5 nitrogen and oxygen atoms in total. The van der Waals surface area contributed by atoms with Gasteiger partial charge in [0.25, 0.3) is 0 Å². The number of hydrogen-bond acceptors (Lipinski definition) is 3. The standard InChI is InChI=1S/C22H19BrCl2N2O3S/c23-17-6-9-19(10-7-17)31(29,30)27(13-12-16-4-2-1-3-5-16)15-22(28)26-21-11-8-18(24)14-20(21)25/h1-11,14H,12-13,15H2,(H,26,28). The SMILES string of the molecule is O=C(CN(CCc1ccccc1)S(=O)(=O)c1ccc(Br)cc1)Nc1ccc(Cl)cc1Cl. The molecule has 9 heteroatoms. The number of halogens is 3. The van der Waals surface area contributed by atoms with Gasteiger partial charge in [0.15, 0.2) is 0 Å². The molecule has 31 heavy (non-hydrogen) atoms. The van der Waals surface area contributed by atoms with Crippen LogP contribution in [0, 0.1) is 0 Å². The molecule has 0 aliphatic carbocycles. The molecule has 0 heterocycles. The van der Waals surface area contributed by atoms with Crippen LogP contribution in [0.1, 0.15) is 5.56 Å². The number of anilines is 1. The zero-order valence-corrected chi connectivity index (χ0v) is 20.2. The fraction of sp³-hybridized carbons (Fsp3) is 0.136. The molecule has 0 fully saturated rings. The Morgan fingerprint density at radius 3 is 2.29 bits per heavy atom. The first kappa shape index (κ1) is 23.8. The highest BCUT2D eigenvalue weighted by Gasteiger charge is 2.26. The molecule has 0 unspecified atom stereocenters. The molecule has 3 aromatic rings. The molecular weight excluding hydrogens is 523 g/mol. The molecule has 0 aliphatic heterocycles. The summed E-state index contributed by atoms with van der Waals surface area (Å²) in [6.45, 7) is -0.214. The van der Waals surface area contributed by atoms with Crippen molar-refractivity contribution in [2.24, 2.45) is 0 Å². The number of amides is 1. The van der Waals surface area contributed by atoms with Crippen molar-refractivity contribution in [2.45, 2.75) is 11.3 Å². The van der Waals surface area contributed by atoms with Crippen LogP contribution >= 0.6 is 39.1 Å². The van der Waals surface area contributed by atoms with E-state index < -0.39 is 15.9 Å². The number of nitrogens with one attached hydrogen (secondary N) is 1. The number of benzene rings is 3. The van der Waals surface area contributed by atoms with Gasteiger partial charge in [-0.3, -0.25) is 4.79 Å². The van der Waals surface area contributed by atoms with Crippen LogP contribution in [0.3, 0.4) is 0 Å². The number of nitrogens with zero attached hydrogens (tertiary/aromatic N) is 1. The van der Waals surface area contributed by atoms with Crippen molar-refractivity contribution in [3.63, 3.8) is 0 Å². The molecular formula is C22H19BrCl2N2O3S. The highest BCUT2D eigenvalue weighted by atomic mass is 79.9. The quantitative estimate of drug-likeness (QED) is 0.402. The van der Waals surface area contributed by atoms with E-state index in [0.29, 0.717) is 17.1 Å². The molecule has 1 amide bonds. The Bertz CT molecular complexity index is 1160. The van der Waals surface area contributed by atoms with E-state index in [1.807, 2.05) is 30.3 Å². The van der Waals surface area contributed by atoms with Gasteiger partial charge in [-0.1, -0.05) is 69.5 Å². The van der Waals surface area contributed by atoms with E-state index in [9.17, 15) is 13.2 Å². The van der Waals surface area contributed by atoms with Crippen molar-refractivity contribution in [1.29, 1.82) is 0 Å². The van der Waals surface area contributed by atoms with E-state index in [-0.39, 0.29) is 23.0 Å². The van der Waals surface area contributed by atoms with Crippen LogP contribution in [0.2, 0.25) is 10.0 Å². The van der Waals surface area contributed by atoms with Crippen LogP contribution in [0.4, 0.5) is 5.69 Å². The van der Waals surface area contributed by atoms with Crippen molar-refractivity contribution in [2.75, 3.05) is 18.4 Å². The number of carbonyl (C=O) groups is 1. The second-order valence-corrected chi connectivity index (χ2v) is 10.4. The first-order valence-corrected chi connectivity index (χ1v) is 12.3. The van der Waals surface area contributed by atoms with Crippen LogP contribution < -0.4 is 5.32 Å². The van der Waals surface area contributed by atoms with Crippen LogP contribution in [-0.2, 0) is 21.2 Å². The molecule has 3 aromatic carbocycles.